The normalized spacial score (nSPS) is 23.6. The van der Waals surface area contributed by atoms with Crippen molar-refractivity contribution in [3.63, 3.8) is 0 Å². The van der Waals surface area contributed by atoms with Crippen LogP contribution < -0.4 is 5.32 Å². The topological polar surface area (TPSA) is 66.4 Å². The zero-order valence-electron chi connectivity index (χ0n) is 9.69. The maximum Gasteiger partial charge on any atom is 0.306 e. The second-order valence-electron chi connectivity index (χ2n) is 4.46. The molecule has 0 aromatic carbocycles. The number of hydrogen-bond donors (Lipinski definition) is 2. The van der Waals surface area contributed by atoms with Crippen molar-refractivity contribution in [1.82, 2.24) is 5.32 Å². The van der Waals surface area contributed by atoms with Crippen LogP contribution in [-0.4, -0.2) is 23.0 Å². The van der Waals surface area contributed by atoms with Crippen molar-refractivity contribution in [3.8, 4) is 0 Å². The Kier molecular flexibility index (Phi) is 4.40. The highest BCUT2D eigenvalue weighted by atomic mass is 79.9. The average molecular weight is 332 g/mol. The van der Waals surface area contributed by atoms with E-state index in [2.05, 4.69) is 21.2 Å². The van der Waals surface area contributed by atoms with Gasteiger partial charge in [0.2, 0.25) is 0 Å². The third-order valence-electron chi connectivity index (χ3n) is 3.24. The molecule has 0 bridgehead atoms. The molecule has 2 rings (SSSR count). The quantitative estimate of drug-likeness (QED) is 0.894. The Bertz CT molecular complexity index is 452. The highest BCUT2D eigenvalue weighted by molar-refractivity contribution is 9.10. The molecule has 2 N–H and O–H groups in total. The zero-order chi connectivity index (χ0) is 13.1. The number of aliphatic carboxylic acids is 1. The Hall–Kier alpha value is -0.880. The van der Waals surface area contributed by atoms with E-state index in [0.717, 1.165) is 17.3 Å². The summed E-state index contributed by atoms with van der Waals surface area (Å²) in [7, 11) is 0. The second-order valence-corrected chi connectivity index (χ2v) is 6.23. The van der Waals surface area contributed by atoms with Crippen LogP contribution in [0, 0.1) is 5.92 Å². The molecule has 6 heteroatoms. The molecule has 1 saturated carbocycles. The van der Waals surface area contributed by atoms with E-state index in [9.17, 15) is 9.59 Å². The van der Waals surface area contributed by atoms with Crippen LogP contribution in [-0.2, 0) is 4.79 Å². The van der Waals surface area contributed by atoms with Crippen molar-refractivity contribution in [2.75, 3.05) is 0 Å². The van der Waals surface area contributed by atoms with Crippen molar-refractivity contribution in [2.45, 2.75) is 31.7 Å². The lowest BCUT2D eigenvalue weighted by Crippen LogP contribution is -2.38. The minimum absolute atomic E-state index is 0.0735. The average Bonchev–Trinajstić information content (AvgIpc) is 2.76. The molecule has 1 fully saturated rings. The molecule has 1 aliphatic carbocycles. The van der Waals surface area contributed by atoms with Crippen molar-refractivity contribution >= 4 is 39.1 Å². The molecule has 1 aromatic heterocycles. The number of rotatable bonds is 3. The third-order valence-corrected chi connectivity index (χ3v) is 5.07. The summed E-state index contributed by atoms with van der Waals surface area (Å²) in [5.74, 6) is -1.04. The van der Waals surface area contributed by atoms with Gasteiger partial charge in [0.1, 0.15) is 4.88 Å². The molecule has 18 heavy (non-hydrogen) atoms. The van der Waals surface area contributed by atoms with Crippen molar-refractivity contribution < 1.29 is 14.7 Å². The Morgan fingerprint density at radius 1 is 1.33 bits per heavy atom. The molecule has 0 aliphatic heterocycles. The lowest BCUT2D eigenvalue weighted by Gasteiger charge is -2.26. The Morgan fingerprint density at radius 2 is 2.00 bits per heavy atom. The molecule has 0 unspecified atom stereocenters. The van der Waals surface area contributed by atoms with Gasteiger partial charge in [0.05, 0.1) is 5.92 Å². The molecule has 4 nitrogen and oxygen atoms in total. The number of nitrogens with one attached hydrogen (secondary N) is 1. The fourth-order valence-electron chi connectivity index (χ4n) is 2.19. The van der Waals surface area contributed by atoms with Crippen LogP contribution in [0.25, 0.3) is 0 Å². The highest BCUT2D eigenvalue weighted by Crippen LogP contribution is 2.26. The Labute approximate surface area is 118 Å². The summed E-state index contributed by atoms with van der Waals surface area (Å²) in [6.45, 7) is 0. The molecule has 1 aliphatic rings. The summed E-state index contributed by atoms with van der Waals surface area (Å²) in [6, 6.07) is 1.95. The van der Waals surface area contributed by atoms with E-state index in [1.165, 1.54) is 11.3 Å². The van der Waals surface area contributed by atoms with Crippen LogP contribution in [0.4, 0.5) is 0 Å². The van der Waals surface area contributed by atoms with E-state index in [0.29, 0.717) is 17.7 Å². The van der Waals surface area contributed by atoms with Gasteiger partial charge in [-0.2, -0.15) is 0 Å². The molecular weight excluding hydrogens is 318 g/mol. The van der Waals surface area contributed by atoms with Gasteiger partial charge in [0.15, 0.2) is 0 Å². The van der Waals surface area contributed by atoms with E-state index in [-0.39, 0.29) is 17.9 Å². The fourth-order valence-corrected chi connectivity index (χ4v) is 3.65. The second kappa shape index (κ2) is 5.84. The summed E-state index contributed by atoms with van der Waals surface area (Å²) in [4.78, 5) is 23.5. The van der Waals surface area contributed by atoms with Gasteiger partial charge in [-0.15, -0.1) is 11.3 Å². The number of amides is 1. The number of halogens is 1. The lowest BCUT2D eigenvalue weighted by molar-refractivity contribution is -0.142. The number of carboxylic acids is 1. The molecule has 0 saturated heterocycles. The minimum atomic E-state index is -0.722. The predicted octanol–water partition coefficient (Wildman–Crippen LogP) is 2.88. The maximum absolute atomic E-state index is 12.0. The maximum atomic E-state index is 12.0. The van der Waals surface area contributed by atoms with Crippen molar-refractivity contribution in [1.29, 1.82) is 0 Å². The van der Waals surface area contributed by atoms with Gasteiger partial charge in [-0.25, -0.2) is 0 Å². The molecule has 1 amide bonds. The van der Waals surface area contributed by atoms with Gasteiger partial charge < -0.3 is 10.4 Å². The van der Waals surface area contributed by atoms with Crippen LogP contribution in [0.1, 0.15) is 35.4 Å². The lowest BCUT2D eigenvalue weighted by atomic mass is 9.86. The Morgan fingerprint density at radius 3 is 2.50 bits per heavy atom. The largest absolute Gasteiger partial charge is 0.481 e. The summed E-state index contributed by atoms with van der Waals surface area (Å²) in [5.41, 5.74) is 0. The first-order chi connectivity index (χ1) is 8.58. The van der Waals surface area contributed by atoms with Gasteiger partial charge in [-0.1, -0.05) is 0 Å². The molecule has 1 heterocycles. The van der Waals surface area contributed by atoms with Crippen molar-refractivity contribution in [3.05, 3.63) is 20.8 Å². The van der Waals surface area contributed by atoms with E-state index >= 15 is 0 Å². The van der Waals surface area contributed by atoms with E-state index in [4.69, 9.17) is 5.11 Å². The van der Waals surface area contributed by atoms with E-state index in [1.54, 1.807) is 0 Å². The first kappa shape index (κ1) is 13.5. The summed E-state index contributed by atoms with van der Waals surface area (Å²) < 4.78 is 0.809. The van der Waals surface area contributed by atoms with Gasteiger partial charge in [-0.3, -0.25) is 9.59 Å². The standard InChI is InChI=1S/C12H14BrNO3S/c13-9-5-6-18-10(9)11(15)14-8-3-1-7(2-4-8)12(16)17/h5-8H,1-4H2,(H,14,15)(H,16,17). The molecule has 0 spiro atoms. The molecule has 0 radical (unpaired) electrons. The molecule has 0 atom stereocenters. The van der Waals surface area contributed by atoms with E-state index < -0.39 is 5.97 Å². The first-order valence-corrected chi connectivity index (χ1v) is 7.52. The van der Waals surface area contributed by atoms with E-state index in [1.807, 2.05) is 11.4 Å². The SMILES string of the molecule is O=C(NC1CCC(C(=O)O)CC1)c1sccc1Br. The zero-order valence-corrected chi connectivity index (χ0v) is 12.1. The summed E-state index contributed by atoms with van der Waals surface area (Å²) >= 11 is 4.73. The number of hydrogen-bond acceptors (Lipinski definition) is 3. The van der Waals surface area contributed by atoms with Crippen LogP contribution in [0.15, 0.2) is 15.9 Å². The van der Waals surface area contributed by atoms with Gasteiger partial charge >= 0.3 is 5.97 Å². The van der Waals surface area contributed by atoms with Crippen molar-refractivity contribution in [2.24, 2.45) is 5.92 Å². The number of carbonyl (C=O) groups excluding carboxylic acids is 1. The Balaban J connectivity index is 1.87. The predicted molar refractivity (Wildman–Crippen MR) is 72.9 cm³/mol. The van der Waals surface area contributed by atoms with Crippen LogP contribution >= 0.6 is 27.3 Å². The van der Waals surface area contributed by atoms with Crippen LogP contribution in [0.5, 0.6) is 0 Å². The molecular formula is C12H14BrNO3S. The molecule has 1 aromatic rings. The van der Waals surface area contributed by atoms with Crippen LogP contribution in [0.3, 0.4) is 0 Å². The minimum Gasteiger partial charge on any atom is -0.481 e. The third kappa shape index (κ3) is 3.11. The van der Waals surface area contributed by atoms with Gasteiger partial charge in [0.25, 0.3) is 5.91 Å². The summed E-state index contributed by atoms with van der Waals surface area (Å²) in [5, 5.41) is 13.7. The molecule has 98 valence electrons. The smallest absolute Gasteiger partial charge is 0.306 e. The van der Waals surface area contributed by atoms with Gasteiger partial charge in [-0.05, 0) is 53.1 Å². The summed E-state index contributed by atoms with van der Waals surface area (Å²) in [6.07, 6.45) is 2.77. The van der Waals surface area contributed by atoms with Gasteiger partial charge in [0, 0.05) is 10.5 Å². The number of thiophene rings is 1. The number of carbonyl (C=O) groups is 2. The monoisotopic (exact) mass is 331 g/mol. The van der Waals surface area contributed by atoms with Crippen LogP contribution in [0.2, 0.25) is 0 Å². The highest BCUT2D eigenvalue weighted by Gasteiger charge is 2.27. The number of carboxylic acid groups (broad SMARTS) is 1. The first-order valence-electron chi connectivity index (χ1n) is 5.84. The fraction of sp³-hybridized carbons (Fsp3) is 0.500.